The van der Waals surface area contributed by atoms with Gasteiger partial charge in [0.2, 0.25) is 0 Å². The van der Waals surface area contributed by atoms with Crippen LogP contribution in [0.2, 0.25) is 0 Å². The van der Waals surface area contributed by atoms with Gasteiger partial charge in [-0.3, -0.25) is 0 Å². The van der Waals surface area contributed by atoms with Gasteiger partial charge in [0, 0.05) is 38.9 Å². The van der Waals surface area contributed by atoms with E-state index in [-0.39, 0.29) is 6.03 Å². The summed E-state index contributed by atoms with van der Waals surface area (Å²) in [6.07, 6.45) is 3.58. The van der Waals surface area contributed by atoms with Crippen LogP contribution in [0.1, 0.15) is 19.0 Å². The highest BCUT2D eigenvalue weighted by Gasteiger charge is 2.01. The number of hydrogen-bond acceptors (Lipinski definition) is 4. The number of aryl methyl sites for hydroxylation is 1. The molecule has 0 aliphatic rings. The summed E-state index contributed by atoms with van der Waals surface area (Å²) < 4.78 is 0. The summed E-state index contributed by atoms with van der Waals surface area (Å²) in [5, 5.41) is 5.93. The zero-order valence-electron chi connectivity index (χ0n) is 11.2. The molecule has 18 heavy (non-hydrogen) atoms. The molecule has 1 rings (SSSR count). The number of anilines is 1. The lowest BCUT2D eigenvalue weighted by Gasteiger charge is -2.12. The van der Waals surface area contributed by atoms with Gasteiger partial charge in [0.25, 0.3) is 0 Å². The van der Waals surface area contributed by atoms with Crippen LogP contribution < -0.4 is 10.6 Å². The van der Waals surface area contributed by atoms with E-state index < -0.39 is 0 Å². The molecule has 1 heterocycles. The SMILES string of the molecule is CCCc1cc(NCCNC(=O)N(C)C)ncn1. The van der Waals surface area contributed by atoms with Crippen molar-refractivity contribution >= 4 is 11.8 Å². The van der Waals surface area contributed by atoms with Gasteiger partial charge in [-0.1, -0.05) is 13.3 Å². The van der Waals surface area contributed by atoms with Gasteiger partial charge in [0.1, 0.15) is 12.1 Å². The Morgan fingerprint density at radius 2 is 2.11 bits per heavy atom. The highest BCUT2D eigenvalue weighted by atomic mass is 16.2. The van der Waals surface area contributed by atoms with Crippen LogP contribution in [0.3, 0.4) is 0 Å². The number of hydrogen-bond donors (Lipinski definition) is 2. The van der Waals surface area contributed by atoms with Crippen LogP contribution in [0.15, 0.2) is 12.4 Å². The molecule has 0 radical (unpaired) electrons. The predicted octanol–water partition coefficient (Wildman–Crippen LogP) is 1.11. The van der Waals surface area contributed by atoms with Crippen molar-refractivity contribution in [3.8, 4) is 0 Å². The fourth-order valence-corrected chi connectivity index (χ4v) is 1.41. The van der Waals surface area contributed by atoms with E-state index in [2.05, 4.69) is 27.5 Å². The summed E-state index contributed by atoms with van der Waals surface area (Å²) in [6, 6.07) is 1.85. The summed E-state index contributed by atoms with van der Waals surface area (Å²) in [4.78, 5) is 21.1. The molecule has 0 aliphatic carbocycles. The van der Waals surface area contributed by atoms with E-state index in [0.717, 1.165) is 24.4 Å². The molecule has 6 nitrogen and oxygen atoms in total. The third-order valence-corrected chi connectivity index (χ3v) is 2.34. The van der Waals surface area contributed by atoms with Crippen molar-refractivity contribution in [2.24, 2.45) is 0 Å². The van der Waals surface area contributed by atoms with Gasteiger partial charge in [-0.25, -0.2) is 14.8 Å². The summed E-state index contributed by atoms with van der Waals surface area (Å²) in [6.45, 7) is 3.32. The lowest BCUT2D eigenvalue weighted by atomic mass is 10.2. The number of nitrogens with one attached hydrogen (secondary N) is 2. The fourth-order valence-electron chi connectivity index (χ4n) is 1.41. The fraction of sp³-hybridized carbons (Fsp3) is 0.583. The molecular weight excluding hydrogens is 230 g/mol. The van der Waals surface area contributed by atoms with E-state index in [0.29, 0.717) is 13.1 Å². The Balaban J connectivity index is 2.30. The monoisotopic (exact) mass is 251 g/mol. The zero-order chi connectivity index (χ0) is 13.4. The number of nitrogens with zero attached hydrogens (tertiary/aromatic N) is 3. The Bertz CT molecular complexity index is 380. The normalized spacial score (nSPS) is 9.94. The van der Waals surface area contributed by atoms with Crippen LogP contribution in [-0.4, -0.2) is 48.1 Å². The van der Waals surface area contributed by atoms with Crippen molar-refractivity contribution in [2.45, 2.75) is 19.8 Å². The largest absolute Gasteiger partial charge is 0.368 e. The van der Waals surface area contributed by atoms with Gasteiger partial charge in [-0.2, -0.15) is 0 Å². The first kappa shape index (κ1) is 14.2. The van der Waals surface area contributed by atoms with E-state index in [4.69, 9.17) is 0 Å². The minimum absolute atomic E-state index is 0.0915. The quantitative estimate of drug-likeness (QED) is 0.743. The van der Waals surface area contributed by atoms with E-state index in [1.54, 1.807) is 20.4 Å². The van der Waals surface area contributed by atoms with Crippen LogP contribution in [0.5, 0.6) is 0 Å². The Labute approximate surface area is 108 Å². The molecule has 0 aromatic carbocycles. The second-order valence-electron chi connectivity index (χ2n) is 4.20. The molecule has 2 N–H and O–H groups in total. The number of carbonyl (C=O) groups excluding carboxylic acids is 1. The minimum Gasteiger partial charge on any atom is -0.368 e. The van der Waals surface area contributed by atoms with E-state index in [9.17, 15) is 4.79 Å². The highest BCUT2D eigenvalue weighted by molar-refractivity contribution is 5.73. The molecule has 0 saturated carbocycles. The lowest BCUT2D eigenvalue weighted by Crippen LogP contribution is -2.37. The maximum absolute atomic E-state index is 11.3. The number of aromatic nitrogens is 2. The topological polar surface area (TPSA) is 70.2 Å². The Morgan fingerprint density at radius 3 is 2.78 bits per heavy atom. The van der Waals surface area contributed by atoms with Crippen molar-refractivity contribution in [3.05, 3.63) is 18.1 Å². The molecule has 6 heteroatoms. The molecule has 0 bridgehead atoms. The van der Waals surface area contributed by atoms with E-state index >= 15 is 0 Å². The smallest absolute Gasteiger partial charge is 0.316 e. The van der Waals surface area contributed by atoms with Gasteiger partial charge in [-0.15, -0.1) is 0 Å². The van der Waals surface area contributed by atoms with Gasteiger partial charge in [0.05, 0.1) is 0 Å². The van der Waals surface area contributed by atoms with Crippen LogP contribution in [0.4, 0.5) is 10.6 Å². The zero-order valence-corrected chi connectivity index (χ0v) is 11.2. The first-order chi connectivity index (χ1) is 8.63. The predicted molar refractivity (Wildman–Crippen MR) is 71.6 cm³/mol. The average molecular weight is 251 g/mol. The maximum Gasteiger partial charge on any atom is 0.316 e. The van der Waals surface area contributed by atoms with Gasteiger partial charge < -0.3 is 15.5 Å². The second-order valence-corrected chi connectivity index (χ2v) is 4.20. The van der Waals surface area contributed by atoms with Crippen molar-refractivity contribution < 1.29 is 4.79 Å². The maximum atomic E-state index is 11.3. The second kappa shape index (κ2) is 7.47. The molecule has 2 amide bonds. The molecule has 0 spiro atoms. The number of carbonyl (C=O) groups is 1. The first-order valence-corrected chi connectivity index (χ1v) is 6.13. The van der Waals surface area contributed by atoms with Crippen LogP contribution in [0.25, 0.3) is 0 Å². The van der Waals surface area contributed by atoms with Crippen molar-refractivity contribution in [1.82, 2.24) is 20.2 Å². The Morgan fingerprint density at radius 1 is 1.33 bits per heavy atom. The first-order valence-electron chi connectivity index (χ1n) is 6.13. The average Bonchev–Trinajstić information content (AvgIpc) is 2.35. The number of rotatable bonds is 6. The Kier molecular flexibility index (Phi) is 5.90. The standard InChI is InChI=1S/C12H21N5O/c1-4-5-10-8-11(16-9-15-10)13-6-7-14-12(18)17(2)3/h8-9H,4-7H2,1-3H3,(H,14,18)(H,13,15,16). The van der Waals surface area contributed by atoms with Gasteiger partial charge in [0.15, 0.2) is 0 Å². The van der Waals surface area contributed by atoms with Gasteiger partial charge in [-0.05, 0) is 6.42 Å². The summed E-state index contributed by atoms with van der Waals surface area (Å²) in [7, 11) is 3.43. The van der Waals surface area contributed by atoms with Crippen LogP contribution in [-0.2, 0) is 6.42 Å². The molecule has 100 valence electrons. The van der Waals surface area contributed by atoms with Gasteiger partial charge >= 0.3 is 6.03 Å². The minimum atomic E-state index is -0.0915. The summed E-state index contributed by atoms with van der Waals surface area (Å²) >= 11 is 0. The molecule has 0 aliphatic heterocycles. The number of urea groups is 1. The molecule has 0 fully saturated rings. The molecule has 0 saturated heterocycles. The van der Waals surface area contributed by atoms with E-state index in [1.165, 1.54) is 4.90 Å². The third kappa shape index (κ3) is 4.99. The van der Waals surface area contributed by atoms with E-state index in [1.807, 2.05) is 6.07 Å². The van der Waals surface area contributed by atoms with Crippen molar-refractivity contribution in [3.63, 3.8) is 0 Å². The van der Waals surface area contributed by atoms with Crippen molar-refractivity contribution in [1.29, 1.82) is 0 Å². The third-order valence-electron chi connectivity index (χ3n) is 2.34. The number of amides is 2. The summed E-state index contributed by atoms with van der Waals surface area (Å²) in [5.41, 5.74) is 1.03. The Hall–Kier alpha value is -1.85. The molecule has 0 atom stereocenters. The van der Waals surface area contributed by atoms with Crippen LogP contribution >= 0.6 is 0 Å². The molecule has 0 unspecified atom stereocenters. The lowest BCUT2D eigenvalue weighted by molar-refractivity contribution is 0.218. The molecular formula is C12H21N5O. The molecule has 1 aromatic rings. The summed E-state index contributed by atoms with van der Waals surface area (Å²) in [5.74, 6) is 0.799. The highest BCUT2D eigenvalue weighted by Crippen LogP contribution is 2.05. The van der Waals surface area contributed by atoms with Crippen molar-refractivity contribution in [2.75, 3.05) is 32.5 Å². The molecule has 1 aromatic heterocycles. The van der Waals surface area contributed by atoms with Crippen LogP contribution in [0, 0.1) is 0 Å².